The van der Waals surface area contributed by atoms with Crippen molar-refractivity contribution in [1.82, 2.24) is 4.90 Å². The first kappa shape index (κ1) is 13.3. The van der Waals surface area contributed by atoms with Crippen LogP contribution < -0.4 is 0 Å². The van der Waals surface area contributed by atoms with E-state index in [0.29, 0.717) is 0 Å². The van der Waals surface area contributed by atoms with Crippen molar-refractivity contribution in [2.24, 2.45) is 0 Å². The topological polar surface area (TPSA) is 43.7 Å². The van der Waals surface area contributed by atoms with E-state index in [2.05, 4.69) is 18.4 Å². The van der Waals surface area contributed by atoms with E-state index in [1.54, 1.807) is 0 Å². The highest BCUT2D eigenvalue weighted by molar-refractivity contribution is 6.74. The van der Waals surface area contributed by atoms with Crippen LogP contribution in [-0.2, 0) is 0 Å². The molecule has 4 heteroatoms. The first-order valence-corrected chi connectivity index (χ1v) is 8.88. The van der Waals surface area contributed by atoms with Crippen LogP contribution in [-0.4, -0.2) is 42.4 Å². The van der Waals surface area contributed by atoms with Crippen molar-refractivity contribution in [3.8, 4) is 0 Å². The zero-order valence-electron chi connectivity index (χ0n) is 11.1. The van der Waals surface area contributed by atoms with E-state index >= 15 is 0 Å². The van der Waals surface area contributed by atoms with Crippen LogP contribution in [0.4, 0.5) is 0 Å². The fraction of sp³-hybridized carbons (Fsp3) is 0.429. The summed E-state index contributed by atoms with van der Waals surface area (Å²) < 4.78 is 0. The number of benzene rings is 1. The standard InChI is InChI=1S/C14H21NO2Si/c1-12(13-7-5-4-6-8-13)15-9-14(2,10-15)18(3,17)11-16/h4-8,16-17H,1,9-11H2,2-3H3. The molecule has 1 atom stereocenters. The van der Waals surface area contributed by atoms with Gasteiger partial charge in [-0.3, -0.25) is 0 Å². The SMILES string of the molecule is C=C(c1ccccc1)N1CC(C)([Si](C)(O)CO)C1. The molecule has 0 amide bonds. The lowest BCUT2D eigenvalue weighted by Crippen LogP contribution is -2.63. The van der Waals surface area contributed by atoms with E-state index in [-0.39, 0.29) is 11.3 Å². The van der Waals surface area contributed by atoms with Crippen LogP contribution in [0.25, 0.3) is 5.70 Å². The first-order valence-electron chi connectivity index (χ1n) is 6.22. The molecule has 3 nitrogen and oxygen atoms in total. The highest BCUT2D eigenvalue weighted by atomic mass is 28.4. The predicted octanol–water partition coefficient (Wildman–Crippen LogP) is 1.83. The van der Waals surface area contributed by atoms with Gasteiger partial charge in [0.05, 0.1) is 6.23 Å². The molecule has 0 saturated carbocycles. The van der Waals surface area contributed by atoms with Crippen molar-refractivity contribution in [2.75, 3.05) is 19.3 Å². The van der Waals surface area contributed by atoms with Gasteiger partial charge in [-0.2, -0.15) is 0 Å². The summed E-state index contributed by atoms with van der Waals surface area (Å²) in [5.74, 6) is 0. The van der Waals surface area contributed by atoms with Crippen molar-refractivity contribution < 1.29 is 9.90 Å². The van der Waals surface area contributed by atoms with Gasteiger partial charge in [0.25, 0.3) is 0 Å². The van der Waals surface area contributed by atoms with Gasteiger partial charge in [-0.25, -0.2) is 0 Å². The van der Waals surface area contributed by atoms with Crippen molar-refractivity contribution in [3.05, 3.63) is 42.5 Å². The molecule has 18 heavy (non-hydrogen) atoms. The number of rotatable bonds is 4. The lowest BCUT2D eigenvalue weighted by atomic mass is 9.98. The second kappa shape index (κ2) is 4.53. The number of hydrogen-bond acceptors (Lipinski definition) is 3. The Morgan fingerprint density at radius 2 is 1.94 bits per heavy atom. The molecule has 0 radical (unpaired) electrons. The van der Waals surface area contributed by atoms with Gasteiger partial charge in [-0.15, -0.1) is 0 Å². The van der Waals surface area contributed by atoms with Crippen LogP contribution in [0.1, 0.15) is 12.5 Å². The average molecular weight is 263 g/mol. The van der Waals surface area contributed by atoms with E-state index in [1.807, 2.05) is 36.9 Å². The molecule has 1 heterocycles. The van der Waals surface area contributed by atoms with Crippen LogP contribution in [0, 0.1) is 0 Å². The Bertz CT molecular complexity index is 438. The zero-order valence-corrected chi connectivity index (χ0v) is 12.1. The van der Waals surface area contributed by atoms with Crippen LogP contribution in [0.5, 0.6) is 0 Å². The molecule has 0 aliphatic carbocycles. The van der Waals surface area contributed by atoms with Gasteiger partial charge >= 0.3 is 0 Å². The molecule has 1 unspecified atom stereocenters. The molecule has 1 saturated heterocycles. The molecule has 0 bridgehead atoms. The fourth-order valence-corrected chi connectivity index (χ4v) is 3.78. The molecule has 0 spiro atoms. The lowest BCUT2D eigenvalue weighted by Gasteiger charge is -2.55. The third kappa shape index (κ3) is 2.11. The van der Waals surface area contributed by atoms with Gasteiger partial charge in [-0.1, -0.05) is 43.8 Å². The summed E-state index contributed by atoms with van der Waals surface area (Å²) in [5, 5.41) is 9.17. The van der Waals surface area contributed by atoms with Crippen LogP contribution in [0.2, 0.25) is 11.6 Å². The molecule has 2 rings (SSSR count). The van der Waals surface area contributed by atoms with Crippen LogP contribution in [0.3, 0.4) is 0 Å². The highest BCUT2D eigenvalue weighted by Gasteiger charge is 2.53. The number of hydrogen-bond donors (Lipinski definition) is 2. The van der Waals surface area contributed by atoms with E-state index in [4.69, 9.17) is 0 Å². The lowest BCUT2D eigenvalue weighted by molar-refractivity contribution is 0.168. The molecule has 1 fully saturated rings. The molecular formula is C14H21NO2Si. The Morgan fingerprint density at radius 3 is 2.44 bits per heavy atom. The van der Waals surface area contributed by atoms with Crippen molar-refractivity contribution in [2.45, 2.75) is 18.5 Å². The van der Waals surface area contributed by atoms with Gasteiger partial charge in [0.1, 0.15) is 0 Å². The van der Waals surface area contributed by atoms with Crippen molar-refractivity contribution >= 4 is 14.0 Å². The largest absolute Gasteiger partial charge is 0.429 e. The zero-order chi connectivity index (χ0) is 13.4. The second-order valence-corrected chi connectivity index (χ2v) is 9.73. The highest BCUT2D eigenvalue weighted by Crippen LogP contribution is 2.47. The van der Waals surface area contributed by atoms with Gasteiger partial charge in [0.2, 0.25) is 8.32 Å². The molecule has 1 aliphatic heterocycles. The van der Waals surface area contributed by atoms with E-state index < -0.39 is 8.32 Å². The summed E-state index contributed by atoms with van der Waals surface area (Å²) in [5.41, 5.74) is 2.11. The maximum atomic E-state index is 10.3. The Kier molecular flexibility index (Phi) is 3.36. The summed E-state index contributed by atoms with van der Waals surface area (Å²) in [7, 11) is -2.53. The van der Waals surface area contributed by atoms with Gasteiger partial charge < -0.3 is 14.8 Å². The maximum absolute atomic E-state index is 10.3. The number of nitrogens with zero attached hydrogens (tertiary/aromatic N) is 1. The van der Waals surface area contributed by atoms with Crippen LogP contribution in [0.15, 0.2) is 36.9 Å². The smallest absolute Gasteiger partial charge is 0.219 e. The van der Waals surface area contributed by atoms with Crippen molar-refractivity contribution in [1.29, 1.82) is 0 Å². The quantitative estimate of drug-likeness (QED) is 0.815. The predicted molar refractivity (Wildman–Crippen MR) is 76.3 cm³/mol. The molecule has 1 aromatic rings. The fourth-order valence-electron chi connectivity index (χ4n) is 2.33. The summed E-state index contributed by atoms with van der Waals surface area (Å²) in [4.78, 5) is 12.5. The molecule has 0 aromatic heterocycles. The summed E-state index contributed by atoms with van der Waals surface area (Å²) >= 11 is 0. The van der Waals surface area contributed by atoms with Gasteiger partial charge in [0, 0.05) is 23.8 Å². The Hall–Kier alpha value is -1.10. The number of aliphatic hydroxyl groups is 1. The number of likely N-dealkylation sites (tertiary alicyclic amines) is 1. The van der Waals surface area contributed by atoms with E-state index in [9.17, 15) is 9.90 Å². The molecule has 98 valence electrons. The molecule has 1 aliphatic rings. The number of aliphatic hydroxyl groups excluding tert-OH is 1. The monoisotopic (exact) mass is 263 g/mol. The van der Waals surface area contributed by atoms with Crippen LogP contribution >= 0.6 is 0 Å². The van der Waals surface area contributed by atoms with Gasteiger partial charge in [-0.05, 0) is 12.1 Å². The van der Waals surface area contributed by atoms with Gasteiger partial charge in [0.15, 0.2) is 0 Å². The third-order valence-corrected chi connectivity index (χ3v) is 7.71. The minimum Gasteiger partial charge on any atom is -0.429 e. The molecular weight excluding hydrogens is 242 g/mol. The average Bonchev–Trinajstić information content (AvgIpc) is 2.35. The van der Waals surface area contributed by atoms with E-state index in [1.165, 1.54) is 0 Å². The summed E-state index contributed by atoms with van der Waals surface area (Å²) in [6.07, 6.45) is -0.0743. The second-order valence-electron chi connectivity index (χ2n) is 5.66. The normalized spacial score (nSPS) is 21.0. The molecule has 1 aromatic carbocycles. The Morgan fingerprint density at radius 1 is 1.39 bits per heavy atom. The van der Waals surface area contributed by atoms with E-state index in [0.717, 1.165) is 24.4 Å². The minimum atomic E-state index is -2.53. The Labute approximate surface area is 110 Å². The summed E-state index contributed by atoms with van der Waals surface area (Å²) in [6, 6.07) is 10.1. The minimum absolute atomic E-state index is 0.0743. The Balaban J connectivity index is 2.04. The molecule has 2 N–H and O–H groups in total. The van der Waals surface area contributed by atoms with Crippen molar-refractivity contribution in [3.63, 3.8) is 0 Å². The summed E-state index contributed by atoms with van der Waals surface area (Å²) in [6.45, 7) is 9.56. The third-order valence-electron chi connectivity index (χ3n) is 4.18. The first-order chi connectivity index (χ1) is 8.39. The maximum Gasteiger partial charge on any atom is 0.219 e.